The number of halogens is 1. The molecule has 0 atom stereocenters. The van der Waals surface area contributed by atoms with Crippen molar-refractivity contribution in [2.45, 2.75) is 0 Å². The van der Waals surface area contributed by atoms with Gasteiger partial charge in [0.15, 0.2) is 5.82 Å². The van der Waals surface area contributed by atoms with Crippen molar-refractivity contribution in [3.63, 3.8) is 0 Å². The topological polar surface area (TPSA) is 54.5 Å². The normalized spacial score (nSPS) is 10.1. The monoisotopic (exact) mass is 180 g/mol. The van der Waals surface area contributed by atoms with Crippen LogP contribution in [0.4, 0.5) is 0 Å². The molecule has 12 heavy (non-hydrogen) atoms. The number of rotatable bonds is 1. The van der Waals surface area contributed by atoms with Crippen LogP contribution >= 0.6 is 11.6 Å². The van der Waals surface area contributed by atoms with Crippen LogP contribution in [-0.2, 0) is 0 Å². The lowest BCUT2D eigenvalue weighted by Gasteiger charge is -1.93. The molecule has 0 aliphatic carbocycles. The van der Waals surface area contributed by atoms with Crippen LogP contribution < -0.4 is 0 Å². The number of hydrogen-bond acceptors (Lipinski definition) is 3. The van der Waals surface area contributed by atoms with E-state index >= 15 is 0 Å². The first kappa shape index (κ1) is 7.24. The van der Waals surface area contributed by atoms with Gasteiger partial charge in [-0.2, -0.15) is 5.10 Å². The summed E-state index contributed by atoms with van der Waals surface area (Å²) in [5.74, 6) is 0.694. The van der Waals surface area contributed by atoms with Gasteiger partial charge in [-0.1, -0.05) is 11.6 Å². The second kappa shape index (κ2) is 2.91. The number of hydrogen-bond donors (Lipinski definition) is 1. The fourth-order valence-electron chi connectivity index (χ4n) is 0.860. The maximum absolute atomic E-state index is 5.62. The Morgan fingerprint density at radius 1 is 1.25 bits per heavy atom. The number of H-pyrrole nitrogens is 1. The van der Waals surface area contributed by atoms with Gasteiger partial charge in [0.25, 0.3) is 0 Å². The molecular formula is C7H5ClN4. The fraction of sp³-hybridized carbons (Fsp3) is 0. The second-order valence-corrected chi connectivity index (χ2v) is 2.59. The van der Waals surface area contributed by atoms with Crippen LogP contribution in [0.5, 0.6) is 0 Å². The zero-order valence-corrected chi connectivity index (χ0v) is 6.78. The van der Waals surface area contributed by atoms with E-state index in [0.29, 0.717) is 11.0 Å². The highest BCUT2D eigenvalue weighted by molar-refractivity contribution is 6.29. The van der Waals surface area contributed by atoms with E-state index in [-0.39, 0.29) is 0 Å². The molecule has 2 aromatic rings. The summed E-state index contributed by atoms with van der Waals surface area (Å²) in [5.41, 5.74) is 0.872. The summed E-state index contributed by atoms with van der Waals surface area (Å²) in [4.78, 5) is 7.88. The Bertz CT molecular complexity index is 353. The molecule has 0 aliphatic heterocycles. The molecule has 0 spiro atoms. The lowest BCUT2D eigenvalue weighted by atomic mass is 10.3. The average Bonchev–Trinajstić information content (AvgIpc) is 2.58. The summed E-state index contributed by atoms with van der Waals surface area (Å²) >= 11 is 5.62. The molecule has 0 bridgehead atoms. The minimum absolute atomic E-state index is 0.471. The van der Waals surface area contributed by atoms with Gasteiger partial charge in [0.1, 0.15) is 11.5 Å². The first-order chi connectivity index (χ1) is 5.86. The number of pyridine rings is 1. The number of aromatic amines is 1. The van der Waals surface area contributed by atoms with Crippen molar-refractivity contribution in [2.75, 3.05) is 0 Å². The quantitative estimate of drug-likeness (QED) is 0.677. The molecule has 0 unspecified atom stereocenters. The number of nitrogens with one attached hydrogen (secondary N) is 1. The summed E-state index contributed by atoms with van der Waals surface area (Å²) in [6, 6.07) is 3.54. The van der Waals surface area contributed by atoms with Crippen molar-refractivity contribution >= 4 is 11.6 Å². The zero-order valence-electron chi connectivity index (χ0n) is 6.03. The summed E-state index contributed by atoms with van der Waals surface area (Å²) in [7, 11) is 0. The molecule has 1 N–H and O–H groups in total. The molecule has 2 aromatic heterocycles. The lowest BCUT2D eigenvalue weighted by Crippen LogP contribution is -1.82. The molecule has 0 saturated carbocycles. The molecule has 0 aliphatic rings. The van der Waals surface area contributed by atoms with Gasteiger partial charge < -0.3 is 0 Å². The van der Waals surface area contributed by atoms with Crippen molar-refractivity contribution in [2.24, 2.45) is 0 Å². The SMILES string of the molecule is Clc1ccc(-c2ncn[nH]2)cn1. The minimum atomic E-state index is 0.471. The van der Waals surface area contributed by atoms with E-state index in [1.807, 2.05) is 6.07 Å². The van der Waals surface area contributed by atoms with Gasteiger partial charge in [0.05, 0.1) is 0 Å². The molecule has 0 amide bonds. The van der Waals surface area contributed by atoms with E-state index in [4.69, 9.17) is 11.6 Å². The molecular weight excluding hydrogens is 176 g/mol. The maximum Gasteiger partial charge on any atom is 0.156 e. The van der Waals surface area contributed by atoms with Crippen molar-refractivity contribution in [3.8, 4) is 11.4 Å². The van der Waals surface area contributed by atoms with E-state index in [2.05, 4.69) is 20.2 Å². The highest BCUT2D eigenvalue weighted by atomic mass is 35.5. The Morgan fingerprint density at radius 3 is 2.75 bits per heavy atom. The molecule has 0 fully saturated rings. The Kier molecular flexibility index (Phi) is 1.75. The van der Waals surface area contributed by atoms with Crippen LogP contribution in [-0.4, -0.2) is 20.2 Å². The van der Waals surface area contributed by atoms with Gasteiger partial charge in [0.2, 0.25) is 0 Å². The molecule has 5 heteroatoms. The maximum atomic E-state index is 5.62. The van der Waals surface area contributed by atoms with Crippen molar-refractivity contribution in [1.29, 1.82) is 0 Å². The van der Waals surface area contributed by atoms with Gasteiger partial charge in [-0.15, -0.1) is 0 Å². The van der Waals surface area contributed by atoms with E-state index in [0.717, 1.165) is 5.56 Å². The first-order valence-corrected chi connectivity index (χ1v) is 3.71. The third-order valence-corrected chi connectivity index (χ3v) is 1.64. The van der Waals surface area contributed by atoms with Crippen LogP contribution in [0.1, 0.15) is 0 Å². The minimum Gasteiger partial charge on any atom is -0.259 e. The second-order valence-electron chi connectivity index (χ2n) is 2.20. The fourth-order valence-corrected chi connectivity index (χ4v) is 0.972. The lowest BCUT2D eigenvalue weighted by molar-refractivity contribution is 1.09. The predicted molar refractivity (Wildman–Crippen MR) is 44.6 cm³/mol. The third kappa shape index (κ3) is 1.29. The summed E-state index contributed by atoms with van der Waals surface area (Å²) in [5, 5.41) is 6.92. The summed E-state index contributed by atoms with van der Waals surface area (Å²) in [6.45, 7) is 0. The van der Waals surface area contributed by atoms with Crippen LogP contribution in [0.2, 0.25) is 5.15 Å². The van der Waals surface area contributed by atoms with E-state index in [9.17, 15) is 0 Å². The van der Waals surface area contributed by atoms with Gasteiger partial charge >= 0.3 is 0 Å². The third-order valence-electron chi connectivity index (χ3n) is 1.42. The predicted octanol–water partition coefficient (Wildman–Crippen LogP) is 1.52. The van der Waals surface area contributed by atoms with Crippen molar-refractivity contribution in [1.82, 2.24) is 20.2 Å². The number of nitrogens with zero attached hydrogens (tertiary/aromatic N) is 3. The van der Waals surface area contributed by atoms with Crippen LogP contribution in [0.25, 0.3) is 11.4 Å². The largest absolute Gasteiger partial charge is 0.259 e. The molecule has 4 nitrogen and oxygen atoms in total. The standard InChI is InChI=1S/C7H5ClN4/c8-6-2-1-5(3-9-6)7-10-4-11-12-7/h1-4H,(H,10,11,12). The Hall–Kier alpha value is -1.42. The van der Waals surface area contributed by atoms with Gasteiger partial charge in [-0.25, -0.2) is 9.97 Å². The Labute approximate surface area is 73.6 Å². The average molecular weight is 181 g/mol. The van der Waals surface area contributed by atoms with Gasteiger partial charge in [-0.3, -0.25) is 5.10 Å². The van der Waals surface area contributed by atoms with Crippen LogP contribution in [0, 0.1) is 0 Å². The van der Waals surface area contributed by atoms with Crippen molar-refractivity contribution in [3.05, 3.63) is 29.8 Å². The highest BCUT2D eigenvalue weighted by Crippen LogP contribution is 2.13. The summed E-state index contributed by atoms with van der Waals surface area (Å²) in [6.07, 6.45) is 3.09. The number of aromatic nitrogens is 4. The molecule has 0 radical (unpaired) electrons. The van der Waals surface area contributed by atoms with E-state index in [1.165, 1.54) is 6.33 Å². The molecule has 60 valence electrons. The molecule has 0 saturated heterocycles. The smallest absolute Gasteiger partial charge is 0.156 e. The molecule has 0 aromatic carbocycles. The Balaban J connectivity index is 2.43. The zero-order chi connectivity index (χ0) is 8.39. The first-order valence-electron chi connectivity index (χ1n) is 3.33. The molecule has 2 rings (SSSR count). The van der Waals surface area contributed by atoms with Crippen molar-refractivity contribution < 1.29 is 0 Å². The van der Waals surface area contributed by atoms with E-state index in [1.54, 1.807) is 12.3 Å². The molecule has 2 heterocycles. The van der Waals surface area contributed by atoms with Gasteiger partial charge in [0, 0.05) is 11.8 Å². The Morgan fingerprint density at radius 2 is 2.17 bits per heavy atom. The van der Waals surface area contributed by atoms with Gasteiger partial charge in [-0.05, 0) is 12.1 Å². The highest BCUT2D eigenvalue weighted by Gasteiger charge is 1.99. The summed E-state index contributed by atoms with van der Waals surface area (Å²) < 4.78 is 0. The van der Waals surface area contributed by atoms with E-state index < -0.39 is 0 Å². The van der Waals surface area contributed by atoms with Crippen LogP contribution in [0.3, 0.4) is 0 Å². The van der Waals surface area contributed by atoms with Crippen LogP contribution in [0.15, 0.2) is 24.7 Å².